The Bertz CT molecular complexity index is 670. The van der Waals surface area contributed by atoms with Crippen LogP contribution in [0.25, 0.3) is 0 Å². The number of rotatable bonds is 19. The molecule has 2 unspecified atom stereocenters. The summed E-state index contributed by atoms with van der Waals surface area (Å²) in [5.41, 5.74) is 0.447. The molecule has 0 aromatic heterocycles. The molecule has 0 saturated carbocycles. The summed E-state index contributed by atoms with van der Waals surface area (Å²) < 4.78 is 0. The molecule has 0 aromatic carbocycles. The molecule has 196 valence electrons. The van der Waals surface area contributed by atoms with Crippen molar-refractivity contribution in [3.63, 3.8) is 0 Å². The standard InChI is InChI=1S/C31H54O3/c1-6-8-9-10-11-12-13-14-15-16-17-18-19-20-21-22-23-26-24-28(32)31(5,30(3,4)7-2)25-27(26)29(33)34/h14-15,24-25,28,32H,6-13,16-23H2,1-5H3,(H,33,34). The first-order chi connectivity index (χ1) is 16.2. The highest BCUT2D eigenvalue weighted by atomic mass is 16.4. The summed E-state index contributed by atoms with van der Waals surface area (Å²) in [5.74, 6) is -0.874. The fraction of sp³-hybridized carbons (Fsp3) is 0.774. The zero-order valence-corrected chi connectivity index (χ0v) is 23.0. The summed E-state index contributed by atoms with van der Waals surface area (Å²) in [5, 5.41) is 20.7. The minimum atomic E-state index is -0.874. The molecule has 1 rings (SSSR count). The van der Waals surface area contributed by atoms with Crippen LogP contribution in [-0.2, 0) is 4.79 Å². The van der Waals surface area contributed by atoms with Crippen molar-refractivity contribution in [3.05, 3.63) is 35.5 Å². The summed E-state index contributed by atoms with van der Waals surface area (Å²) in [6.45, 7) is 10.6. The number of hydrogen-bond acceptors (Lipinski definition) is 2. The molecular formula is C31H54O3. The van der Waals surface area contributed by atoms with Crippen molar-refractivity contribution in [2.45, 2.75) is 143 Å². The lowest BCUT2D eigenvalue weighted by Crippen LogP contribution is -2.44. The zero-order valence-electron chi connectivity index (χ0n) is 23.0. The third-order valence-electron chi connectivity index (χ3n) is 8.29. The van der Waals surface area contributed by atoms with Crippen molar-refractivity contribution in [1.82, 2.24) is 0 Å². The van der Waals surface area contributed by atoms with Gasteiger partial charge in [-0.25, -0.2) is 4.79 Å². The minimum absolute atomic E-state index is 0.182. The maximum absolute atomic E-state index is 12.0. The van der Waals surface area contributed by atoms with E-state index in [2.05, 4.69) is 39.8 Å². The molecule has 3 nitrogen and oxygen atoms in total. The first-order valence-corrected chi connectivity index (χ1v) is 14.2. The fourth-order valence-corrected chi connectivity index (χ4v) is 4.89. The van der Waals surface area contributed by atoms with E-state index in [9.17, 15) is 15.0 Å². The lowest BCUT2D eigenvalue weighted by molar-refractivity contribution is -0.132. The molecule has 0 heterocycles. The van der Waals surface area contributed by atoms with Gasteiger partial charge >= 0.3 is 5.97 Å². The van der Waals surface area contributed by atoms with Crippen molar-refractivity contribution < 1.29 is 15.0 Å². The molecule has 0 saturated heterocycles. The average Bonchev–Trinajstić information content (AvgIpc) is 2.80. The molecule has 3 heteroatoms. The molecule has 0 aromatic rings. The summed E-state index contributed by atoms with van der Waals surface area (Å²) in [6.07, 6.45) is 27.1. The van der Waals surface area contributed by atoms with Gasteiger partial charge in [0.2, 0.25) is 0 Å². The van der Waals surface area contributed by atoms with Crippen molar-refractivity contribution in [2.75, 3.05) is 0 Å². The average molecular weight is 475 g/mol. The number of carbonyl (C=O) groups is 1. The van der Waals surface area contributed by atoms with Crippen molar-refractivity contribution >= 4 is 5.97 Å². The topological polar surface area (TPSA) is 57.5 Å². The van der Waals surface area contributed by atoms with E-state index in [4.69, 9.17) is 0 Å². The first kappa shape index (κ1) is 30.7. The molecule has 34 heavy (non-hydrogen) atoms. The molecule has 0 spiro atoms. The van der Waals surface area contributed by atoms with Crippen LogP contribution in [0.5, 0.6) is 0 Å². The number of carboxylic acid groups (broad SMARTS) is 1. The van der Waals surface area contributed by atoms with Gasteiger partial charge in [0.05, 0.1) is 11.7 Å². The van der Waals surface area contributed by atoms with Gasteiger partial charge in [-0.1, -0.05) is 123 Å². The van der Waals surface area contributed by atoms with Gasteiger partial charge in [-0.3, -0.25) is 0 Å². The van der Waals surface area contributed by atoms with Crippen molar-refractivity contribution in [1.29, 1.82) is 0 Å². The molecule has 2 atom stereocenters. The third-order valence-corrected chi connectivity index (χ3v) is 8.29. The van der Waals surface area contributed by atoms with E-state index in [-0.39, 0.29) is 5.41 Å². The van der Waals surface area contributed by atoms with Gasteiger partial charge in [-0.2, -0.15) is 0 Å². The Labute approximate surface area is 210 Å². The maximum Gasteiger partial charge on any atom is 0.335 e. The predicted octanol–water partition coefficient (Wildman–Crippen LogP) is 9.17. The Morgan fingerprint density at radius 2 is 1.41 bits per heavy atom. The van der Waals surface area contributed by atoms with Crippen LogP contribution in [0.4, 0.5) is 0 Å². The van der Waals surface area contributed by atoms with Crippen LogP contribution in [0, 0.1) is 10.8 Å². The summed E-state index contributed by atoms with van der Waals surface area (Å²) >= 11 is 0. The lowest BCUT2D eigenvalue weighted by Gasteiger charge is -2.46. The van der Waals surface area contributed by atoms with Crippen LogP contribution in [0.2, 0.25) is 0 Å². The van der Waals surface area contributed by atoms with Crippen molar-refractivity contribution in [2.24, 2.45) is 10.8 Å². The van der Waals surface area contributed by atoms with E-state index in [0.29, 0.717) is 5.57 Å². The van der Waals surface area contributed by atoms with Gasteiger partial charge in [0.1, 0.15) is 0 Å². The van der Waals surface area contributed by atoms with Gasteiger partial charge in [-0.15, -0.1) is 0 Å². The summed E-state index contributed by atoms with van der Waals surface area (Å²) in [6, 6.07) is 0. The van der Waals surface area contributed by atoms with Gasteiger partial charge in [0, 0.05) is 5.41 Å². The van der Waals surface area contributed by atoms with Gasteiger partial charge in [0.15, 0.2) is 0 Å². The monoisotopic (exact) mass is 474 g/mol. The van der Waals surface area contributed by atoms with E-state index in [1.54, 1.807) is 0 Å². The fourth-order valence-electron chi connectivity index (χ4n) is 4.89. The van der Waals surface area contributed by atoms with Gasteiger partial charge in [-0.05, 0) is 49.5 Å². The maximum atomic E-state index is 12.0. The Morgan fingerprint density at radius 3 is 1.91 bits per heavy atom. The van der Waals surface area contributed by atoms with Crippen LogP contribution in [-0.4, -0.2) is 22.3 Å². The molecule has 0 bridgehead atoms. The van der Waals surface area contributed by atoms with Gasteiger partial charge in [0.25, 0.3) is 0 Å². The second kappa shape index (κ2) is 16.3. The number of allylic oxidation sites excluding steroid dienone is 2. The molecule has 2 N–H and O–H groups in total. The quantitative estimate of drug-likeness (QED) is 0.145. The smallest absolute Gasteiger partial charge is 0.335 e. The zero-order chi connectivity index (χ0) is 25.5. The second-order valence-corrected chi connectivity index (χ2v) is 11.2. The number of aliphatic hydroxyl groups excluding tert-OH is 1. The lowest BCUT2D eigenvalue weighted by atomic mass is 9.59. The van der Waals surface area contributed by atoms with Crippen LogP contribution in [0.3, 0.4) is 0 Å². The second-order valence-electron chi connectivity index (χ2n) is 11.2. The predicted molar refractivity (Wildman–Crippen MR) is 146 cm³/mol. The molecule has 0 amide bonds. The van der Waals surface area contributed by atoms with E-state index in [0.717, 1.165) is 31.3 Å². The summed E-state index contributed by atoms with van der Waals surface area (Å²) in [4.78, 5) is 12.0. The molecular weight excluding hydrogens is 420 g/mol. The highest BCUT2D eigenvalue weighted by Crippen LogP contribution is 2.49. The Balaban J connectivity index is 2.24. The van der Waals surface area contributed by atoms with Crippen LogP contribution in [0.15, 0.2) is 35.5 Å². The Hall–Kier alpha value is -1.35. The highest BCUT2D eigenvalue weighted by Gasteiger charge is 2.46. The molecule has 0 radical (unpaired) electrons. The first-order valence-electron chi connectivity index (χ1n) is 14.2. The number of aliphatic carboxylic acids is 1. The van der Waals surface area contributed by atoms with E-state index in [1.165, 1.54) is 77.0 Å². The highest BCUT2D eigenvalue weighted by molar-refractivity contribution is 5.92. The summed E-state index contributed by atoms with van der Waals surface area (Å²) in [7, 11) is 0. The number of hydrogen-bond donors (Lipinski definition) is 2. The molecule has 0 fully saturated rings. The third kappa shape index (κ3) is 10.1. The van der Waals surface area contributed by atoms with Crippen LogP contribution in [0.1, 0.15) is 137 Å². The van der Waals surface area contributed by atoms with E-state index < -0.39 is 17.5 Å². The van der Waals surface area contributed by atoms with E-state index >= 15 is 0 Å². The number of aliphatic hydroxyl groups is 1. The molecule has 0 aliphatic heterocycles. The SMILES string of the molecule is CCCCCCCCC=CCCCCCCCCC1=CC(O)C(C)(C(C)(C)CC)C=C1C(=O)O. The van der Waals surface area contributed by atoms with Gasteiger partial charge < -0.3 is 10.2 Å². The van der Waals surface area contributed by atoms with E-state index in [1.807, 2.05) is 19.1 Å². The van der Waals surface area contributed by atoms with Crippen LogP contribution < -0.4 is 0 Å². The Morgan fingerprint density at radius 1 is 0.912 bits per heavy atom. The largest absolute Gasteiger partial charge is 0.478 e. The Kier molecular flexibility index (Phi) is 14.7. The van der Waals surface area contributed by atoms with Crippen molar-refractivity contribution in [3.8, 4) is 0 Å². The van der Waals surface area contributed by atoms with Crippen LogP contribution >= 0.6 is 0 Å². The molecule has 1 aliphatic carbocycles. The number of unbranched alkanes of at least 4 members (excludes halogenated alkanes) is 12. The normalized spacial score (nSPS) is 21.1. The minimum Gasteiger partial charge on any atom is -0.478 e. The number of carboxylic acids is 1. The molecule has 1 aliphatic rings.